The molecule has 1 fully saturated rings. The molecule has 2 heterocycles. The lowest BCUT2D eigenvalue weighted by Gasteiger charge is -2.29. The molecule has 2 unspecified atom stereocenters. The van der Waals surface area contributed by atoms with E-state index in [1.807, 2.05) is 24.3 Å². The third kappa shape index (κ3) is 4.46. The average molecular weight is 460 g/mol. The Balaban J connectivity index is 1.33. The highest BCUT2D eigenvalue weighted by molar-refractivity contribution is 9.10. The van der Waals surface area contributed by atoms with Crippen LogP contribution in [0.5, 0.6) is 0 Å². The number of nitrogens with one attached hydrogen (secondary N) is 2. The quantitative estimate of drug-likeness (QED) is 0.718. The van der Waals surface area contributed by atoms with Crippen LogP contribution in [0.3, 0.4) is 0 Å². The number of hydrogen-bond acceptors (Lipinski definition) is 5. The van der Waals surface area contributed by atoms with Gasteiger partial charge in [0.15, 0.2) is 0 Å². The number of fused-ring (bicyclic) bond motifs is 1. The molecule has 7 nitrogen and oxygen atoms in total. The maximum atomic E-state index is 12.9. The largest absolute Gasteiger partial charge is 0.350 e. The van der Waals surface area contributed by atoms with Gasteiger partial charge in [-0.05, 0) is 41.8 Å². The Kier molecular flexibility index (Phi) is 5.59. The van der Waals surface area contributed by atoms with Gasteiger partial charge in [0.2, 0.25) is 5.91 Å². The number of amides is 2. The lowest BCUT2D eigenvalue weighted by atomic mass is 10.0. The highest BCUT2D eigenvalue weighted by Gasteiger charge is 2.41. The van der Waals surface area contributed by atoms with Gasteiger partial charge in [0, 0.05) is 11.0 Å². The fraction of sp³-hybridized carbons (Fsp3) is 0.250. The molecular weight excluding hydrogens is 441 g/mol. The molecule has 2 aliphatic rings. The van der Waals surface area contributed by atoms with E-state index in [4.69, 9.17) is 0 Å². The van der Waals surface area contributed by atoms with Crippen molar-refractivity contribution in [3.63, 3.8) is 0 Å². The van der Waals surface area contributed by atoms with Crippen molar-refractivity contribution in [1.82, 2.24) is 20.8 Å². The zero-order chi connectivity index (χ0) is 20.4. The lowest BCUT2D eigenvalue weighted by molar-refractivity contribution is -0.140. The van der Waals surface area contributed by atoms with Gasteiger partial charge in [-0.2, -0.15) is 5.10 Å². The van der Waals surface area contributed by atoms with Gasteiger partial charge in [-0.15, -0.1) is 0 Å². The van der Waals surface area contributed by atoms with Gasteiger partial charge in [-0.1, -0.05) is 40.2 Å². The summed E-state index contributed by atoms with van der Waals surface area (Å²) in [7, 11) is 0. The van der Waals surface area contributed by atoms with E-state index in [0.29, 0.717) is 6.42 Å². The van der Waals surface area contributed by atoms with Crippen LogP contribution < -0.4 is 10.7 Å². The monoisotopic (exact) mass is 459 g/mol. The first-order chi connectivity index (χ1) is 14.0. The molecule has 2 aliphatic heterocycles. The number of hydrazone groups is 1. The minimum atomic E-state index is -0.411. The predicted octanol–water partition coefficient (Wildman–Crippen LogP) is 2.31. The number of hydrazine groups is 1. The Hall–Kier alpha value is -2.78. The third-order valence-corrected chi connectivity index (χ3v) is 5.45. The van der Waals surface area contributed by atoms with Crippen LogP contribution in [0.4, 0.5) is 4.39 Å². The van der Waals surface area contributed by atoms with E-state index in [0.717, 1.165) is 15.6 Å². The summed E-state index contributed by atoms with van der Waals surface area (Å²) in [5, 5.41) is 9.71. The first-order valence-corrected chi connectivity index (χ1v) is 9.95. The SMILES string of the molecule is O=C(CN1N=CN2NC(c3ccc(Br)cc3)CC2C1=O)NCc1ccc(F)cc1. The summed E-state index contributed by atoms with van der Waals surface area (Å²) in [6.07, 6.45) is 2.12. The van der Waals surface area contributed by atoms with Crippen LogP contribution in [0.1, 0.15) is 23.6 Å². The van der Waals surface area contributed by atoms with E-state index >= 15 is 0 Å². The normalized spacial score (nSPS) is 20.7. The lowest BCUT2D eigenvalue weighted by Crippen LogP contribution is -2.52. The molecule has 0 bridgehead atoms. The Bertz CT molecular complexity index is 935. The molecule has 0 spiro atoms. The van der Waals surface area contributed by atoms with Crippen molar-refractivity contribution >= 4 is 34.1 Å². The number of hydrogen-bond donors (Lipinski definition) is 2. The van der Waals surface area contributed by atoms with Gasteiger partial charge in [-0.3, -0.25) is 14.6 Å². The summed E-state index contributed by atoms with van der Waals surface area (Å²) >= 11 is 3.42. The molecular formula is C20H19BrFN5O2. The Labute approximate surface area is 175 Å². The molecule has 4 rings (SSSR count). The zero-order valence-corrected chi connectivity index (χ0v) is 17.0. The Morgan fingerprint density at radius 3 is 2.66 bits per heavy atom. The molecule has 2 atom stereocenters. The molecule has 2 N–H and O–H groups in total. The smallest absolute Gasteiger partial charge is 0.267 e. The van der Waals surface area contributed by atoms with E-state index in [-0.39, 0.29) is 36.8 Å². The van der Waals surface area contributed by atoms with E-state index in [1.165, 1.54) is 23.5 Å². The number of carbonyl (C=O) groups excluding carboxylic acids is 2. The van der Waals surface area contributed by atoms with Crippen molar-refractivity contribution in [1.29, 1.82) is 0 Å². The Morgan fingerprint density at radius 2 is 1.93 bits per heavy atom. The van der Waals surface area contributed by atoms with Gasteiger partial charge in [0.25, 0.3) is 5.91 Å². The van der Waals surface area contributed by atoms with Crippen LogP contribution in [0.15, 0.2) is 58.1 Å². The molecule has 1 saturated heterocycles. The number of benzene rings is 2. The van der Waals surface area contributed by atoms with Crippen molar-refractivity contribution in [2.75, 3.05) is 6.54 Å². The topological polar surface area (TPSA) is 77.0 Å². The second-order valence-electron chi connectivity index (χ2n) is 6.92. The van der Waals surface area contributed by atoms with Gasteiger partial charge in [0.05, 0.1) is 6.04 Å². The van der Waals surface area contributed by atoms with Crippen LogP contribution in [-0.4, -0.2) is 40.8 Å². The molecule has 9 heteroatoms. The van der Waals surface area contributed by atoms with Gasteiger partial charge in [-0.25, -0.2) is 14.8 Å². The van der Waals surface area contributed by atoms with Crippen molar-refractivity contribution < 1.29 is 14.0 Å². The summed E-state index contributed by atoms with van der Waals surface area (Å²) in [5.74, 6) is -0.885. The second kappa shape index (κ2) is 8.30. The standard InChI is InChI=1S/C20H19BrFN5O2/c21-15-5-3-14(4-6-15)17-9-18-20(29)26(24-12-27(18)25-17)11-19(28)23-10-13-1-7-16(22)8-2-13/h1-8,12,17-18,25H,9-11H2,(H,23,28). The van der Waals surface area contributed by atoms with Crippen LogP contribution >= 0.6 is 15.9 Å². The van der Waals surface area contributed by atoms with E-state index < -0.39 is 6.04 Å². The minimum absolute atomic E-state index is 0.00393. The van der Waals surface area contributed by atoms with E-state index in [1.54, 1.807) is 17.1 Å². The van der Waals surface area contributed by atoms with E-state index in [2.05, 4.69) is 31.8 Å². The van der Waals surface area contributed by atoms with Gasteiger partial charge in [0.1, 0.15) is 24.7 Å². The summed E-state index contributed by atoms with van der Waals surface area (Å²) in [5.41, 5.74) is 5.13. The fourth-order valence-corrected chi connectivity index (χ4v) is 3.62. The second-order valence-corrected chi connectivity index (χ2v) is 7.84. The maximum absolute atomic E-state index is 12.9. The number of halogens is 2. The number of carbonyl (C=O) groups is 2. The molecule has 0 aliphatic carbocycles. The summed E-state index contributed by atoms with van der Waals surface area (Å²) in [6, 6.07) is 13.4. The van der Waals surface area contributed by atoms with Crippen LogP contribution in [0.2, 0.25) is 0 Å². The van der Waals surface area contributed by atoms with Crippen molar-refractivity contribution in [3.05, 3.63) is 69.9 Å². The fourth-order valence-electron chi connectivity index (χ4n) is 3.36. The summed E-state index contributed by atoms with van der Waals surface area (Å²) in [6.45, 7) is 0.0947. The minimum Gasteiger partial charge on any atom is -0.350 e. The number of rotatable bonds is 5. The third-order valence-electron chi connectivity index (χ3n) is 4.92. The van der Waals surface area contributed by atoms with Gasteiger partial charge < -0.3 is 5.32 Å². The molecule has 0 aromatic heterocycles. The first-order valence-electron chi connectivity index (χ1n) is 9.16. The molecule has 0 saturated carbocycles. The van der Waals surface area contributed by atoms with Crippen LogP contribution in [0.25, 0.3) is 0 Å². The molecule has 2 aromatic carbocycles. The van der Waals surface area contributed by atoms with Crippen molar-refractivity contribution in [2.24, 2.45) is 5.10 Å². The number of nitrogens with zero attached hydrogens (tertiary/aromatic N) is 3. The maximum Gasteiger partial charge on any atom is 0.267 e. The first kappa shape index (κ1) is 19.5. The van der Waals surface area contributed by atoms with Crippen molar-refractivity contribution in [3.8, 4) is 0 Å². The molecule has 150 valence electrons. The summed E-state index contributed by atoms with van der Waals surface area (Å²) < 4.78 is 13.9. The molecule has 2 amide bonds. The zero-order valence-electron chi connectivity index (χ0n) is 15.4. The van der Waals surface area contributed by atoms with Crippen molar-refractivity contribution in [2.45, 2.75) is 25.0 Å². The predicted molar refractivity (Wildman–Crippen MR) is 109 cm³/mol. The highest BCUT2D eigenvalue weighted by Crippen LogP contribution is 2.30. The molecule has 2 aromatic rings. The van der Waals surface area contributed by atoms with Crippen LogP contribution in [0, 0.1) is 5.82 Å². The average Bonchev–Trinajstić information content (AvgIpc) is 3.15. The van der Waals surface area contributed by atoms with E-state index in [9.17, 15) is 14.0 Å². The molecule has 29 heavy (non-hydrogen) atoms. The van der Waals surface area contributed by atoms with Crippen LogP contribution in [-0.2, 0) is 16.1 Å². The highest BCUT2D eigenvalue weighted by atomic mass is 79.9. The molecule has 0 radical (unpaired) electrons. The van der Waals surface area contributed by atoms with Gasteiger partial charge >= 0.3 is 0 Å². The Morgan fingerprint density at radius 1 is 1.21 bits per heavy atom. The summed E-state index contributed by atoms with van der Waals surface area (Å²) in [4.78, 5) is 25.0.